The first-order valence-electron chi connectivity index (χ1n) is 10.1. The molecule has 0 spiro atoms. The minimum atomic E-state index is -1.42. The lowest BCUT2D eigenvalue weighted by Gasteiger charge is -2.59. The number of aliphatic hydroxyl groups is 4. The molecule has 162 valence electrons. The van der Waals surface area contributed by atoms with Crippen LogP contribution in [0.1, 0.15) is 47.5 Å². The van der Waals surface area contributed by atoms with Crippen LogP contribution in [0, 0.1) is 22.7 Å². The Balaban J connectivity index is 2.32. The summed E-state index contributed by atoms with van der Waals surface area (Å²) < 4.78 is 5.56. The Morgan fingerprint density at radius 1 is 1.17 bits per heavy atom. The Bertz CT molecular complexity index is 782. The van der Waals surface area contributed by atoms with Gasteiger partial charge >= 0.3 is 5.97 Å². The molecule has 3 rings (SSSR count). The first kappa shape index (κ1) is 22.2. The fraction of sp³-hybridized carbons (Fsp3) is 0.727. The molecule has 0 aromatic heterocycles. The van der Waals surface area contributed by atoms with Gasteiger partial charge < -0.3 is 25.2 Å². The standard InChI is InChI=1S/C22H32O7/c1-9-14(25)8-15(26)22(6)16(9)18(27)12-7-13(24)10(2)17(21(12,4)5)19(20(22)28)29-11(3)23/h12,14-16,18-20,25-28H,1,7-8H2,2-6H3/t12-,14-,15-,16-,18+,19+,20-,22+/m0/s1. The van der Waals surface area contributed by atoms with E-state index < -0.39 is 59.2 Å². The minimum absolute atomic E-state index is 0.0482. The van der Waals surface area contributed by atoms with Gasteiger partial charge in [-0.1, -0.05) is 27.4 Å². The van der Waals surface area contributed by atoms with Gasteiger partial charge in [0.25, 0.3) is 0 Å². The molecule has 0 aliphatic heterocycles. The topological polar surface area (TPSA) is 124 Å². The number of hydrogen-bond acceptors (Lipinski definition) is 7. The smallest absolute Gasteiger partial charge is 0.303 e. The molecule has 0 aromatic rings. The lowest BCUT2D eigenvalue weighted by Crippen LogP contribution is -2.66. The van der Waals surface area contributed by atoms with Crippen LogP contribution >= 0.6 is 0 Å². The number of allylic oxidation sites excluding steroid dienone is 1. The zero-order valence-electron chi connectivity index (χ0n) is 17.7. The molecular weight excluding hydrogens is 376 g/mol. The number of aliphatic hydroxyl groups excluding tert-OH is 4. The van der Waals surface area contributed by atoms with Crippen LogP contribution in [-0.4, -0.2) is 62.7 Å². The van der Waals surface area contributed by atoms with Crippen LogP contribution in [0.15, 0.2) is 23.3 Å². The third kappa shape index (κ3) is 3.02. The molecule has 29 heavy (non-hydrogen) atoms. The molecule has 4 N–H and O–H groups in total. The lowest BCUT2D eigenvalue weighted by atomic mass is 9.49. The molecule has 0 radical (unpaired) electrons. The van der Waals surface area contributed by atoms with E-state index >= 15 is 0 Å². The number of Topliss-reactive ketones (excluding diaryl/α,β-unsaturated/α-hetero) is 1. The normalized spacial score (nSPS) is 44.7. The van der Waals surface area contributed by atoms with Crippen LogP contribution in [0.4, 0.5) is 0 Å². The number of ketones is 1. The van der Waals surface area contributed by atoms with Crippen molar-refractivity contribution in [1.29, 1.82) is 0 Å². The highest BCUT2D eigenvalue weighted by molar-refractivity contribution is 5.97. The van der Waals surface area contributed by atoms with E-state index in [0.717, 1.165) is 0 Å². The number of esters is 1. The first-order chi connectivity index (χ1) is 13.3. The Morgan fingerprint density at radius 3 is 2.31 bits per heavy atom. The predicted molar refractivity (Wildman–Crippen MR) is 105 cm³/mol. The molecule has 0 heterocycles. The maximum absolute atomic E-state index is 12.8. The first-order valence-corrected chi connectivity index (χ1v) is 10.1. The fourth-order valence-corrected chi connectivity index (χ4v) is 5.99. The molecule has 2 bridgehead atoms. The molecule has 3 aliphatic carbocycles. The molecule has 0 aromatic carbocycles. The predicted octanol–water partition coefficient (Wildman–Crippen LogP) is 0.889. The molecule has 0 unspecified atom stereocenters. The van der Waals surface area contributed by atoms with E-state index in [1.807, 2.05) is 13.8 Å². The van der Waals surface area contributed by atoms with E-state index in [0.29, 0.717) is 16.7 Å². The fourth-order valence-electron chi connectivity index (χ4n) is 5.99. The summed E-state index contributed by atoms with van der Waals surface area (Å²) in [6.45, 7) is 12.2. The van der Waals surface area contributed by atoms with Crippen molar-refractivity contribution >= 4 is 11.8 Å². The molecule has 3 aliphatic rings. The summed E-state index contributed by atoms with van der Waals surface area (Å²) in [5.41, 5.74) is -0.910. The van der Waals surface area contributed by atoms with Crippen molar-refractivity contribution in [2.75, 3.05) is 0 Å². The average Bonchev–Trinajstić information content (AvgIpc) is 2.60. The number of carbonyl (C=O) groups is 2. The highest BCUT2D eigenvalue weighted by atomic mass is 16.6. The molecule has 7 heteroatoms. The quantitative estimate of drug-likeness (QED) is 0.375. The van der Waals surface area contributed by atoms with Crippen molar-refractivity contribution in [3.8, 4) is 0 Å². The van der Waals surface area contributed by atoms with E-state index in [1.165, 1.54) is 6.92 Å². The van der Waals surface area contributed by atoms with Crippen molar-refractivity contribution in [2.24, 2.45) is 22.7 Å². The largest absolute Gasteiger partial charge is 0.455 e. The summed E-state index contributed by atoms with van der Waals surface area (Å²) in [5, 5.41) is 44.3. The van der Waals surface area contributed by atoms with Crippen molar-refractivity contribution in [2.45, 2.75) is 78.0 Å². The maximum atomic E-state index is 12.8. The summed E-state index contributed by atoms with van der Waals surface area (Å²) in [5.74, 6) is -2.24. The molecule has 0 saturated heterocycles. The summed E-state index contributed by atoms with van der Waals surface area (Å²) in [6.07, 6.45) is -5.89. The van der Waals surface area contributed by atoms with Gasteiger partial charge in [0.05, 0.1) is 18.3 Å². The molecular formula is C22H32O7. The molecule has 2 fully saturated rings. The van der Waals surface area contributed by atoms with Crippen molar-refractivity contribution in [1.82, 2.24) is 0 Å². The molecule has 8 atom stereocenters. The molecule has 2 saturated carbocycles. The molecule has 7 nitrogen and oxygen atoms in total. The lowest BCUT2D eigenvalue weighted by molar-refractivity contribution is -0.202. The van der Waals surface area contributed by atoms with E-state index in [1.54, 1.807) is 13.8 Å². The summed E-state index contributed by atoms with van der Waals surface area (Å²) in [7, 11) is 0. The van der Waals surface area contributed by atoms with Gasteiger partial charge in [0.1, 0.15) is 6.10 Å². The highest BCUT2D eigenvalue weighted by Crippen LogP contribution is 2.58. The summed E-state index contributed by atoms with van der Waals surface area (Å²) >= 11 is 0. The second-order valence-corrected chi connectivity index (χ2v) is 9.65. The Morgan fingerprint density at radius 2 is 1.76 bits per heavy atom. The number of ether oxygens (including phenoxy) is 1. The van der Waals surface area contributed by atoms with E-state index in [4.69, 9.17) is 4.74 Å². The molecule has 0 amide bonds. The van der Waals surface area contributed by atoms with E-state index in [2.05, 4.69) is 6.58 Å². The number of rotatable bonds is 1. The Kier molecular flexibility index (Phi) is 5.36. The van der Waals surface area contributed by atoms with Crippen LogP contribution in [-0.2, 0) is 14.3 Å². The highest BCUT2D eigenvalue weighted by Gasteiger charge is 2.63. The number of hydrogen-bond donors (Lipinski definition) is 4. The minimum Gasteiger partial charge on any atom is -0.455 e. The van der Waals surface area contributed by atoms with Gasteiger partial charge in [0, 0.05) is 37.0 Å². The third-order valence-electron chi connectivity index (χ3n) is 7.77. The summed E-state index contributed by atoms with van der Waals surface area (Å²) in [6, 6.07) is 0. The van der Waals surface area contributed by atoms with Gasteiger partial charge in [-0.3, -0.25) is 9.59 Å². The number of carbonyl (C=O) groups excluding carboxylic acids is 2. The van der Waals surface area contributed by atoms with Gasteiger partial charge in [0.2, 0.25) is 0 Å². The zero-order valence-corrected chi connectivity index (χ0v) is 17.7. The van der Waals surface area contributed by atoms with Crippen LogP contribution in [0.3, 0.4) is 0 Å². The van der Waals surface area contributed by atoms with E-state index in [9.17, 15) is 30.0 Å². The third-order valence-corrected chi connectivity index (χ3v) is 7.77. The van der Waals surface area contributed by atoms with Gasteiger partial charge in [-0.15, -0.1) is 0 Å². The average molecular weight is 408 g/mol. The number of fused-ring (bicyclic) bond motifs is 3. The van der Waals surface area contributed by atoms with Gasteiger partial charge in [0.15, 0.2) is 11.9 Å². The van der Waals surface area contributed by atoms with Crippen molar-refractivity contribution < 1.29 is 34.8 Å². The SMILES string of the molecule is C=C1[C@@H](O)C[C@H](O)[C@@]2(C)[C@@H](O)[C@H](OC(C)=O)C3=C(C)C(=O)C[C@@H]([C@@H](O)[C@H]12)C3(C)C. The monoisotopic (exact) mass is 408 g/mol. The van der Waals surface area contributed by atoms with Crippen molar-refractivity contribution in [3.05, 3.63) is 23.3 Å². The van der Waals surface area contributed by atoms with Gasteiger partial charge in [-0.05, 0) is 29.1 Å². The van der Waals surface area contributed by atoms with Gasteiger partial charge in [-0.25, -0.2) is 0 Å². The second-order valence-electron chi connectivity index (χ2n) is 9.65. The van der Waals surface area contributed by atoms with Crippen LogP contribution in [0.5, 0.6) is 0 Å². The van der Waals surface area contributed by atoms with Crippen LogP contribution < -0.4 is 0 Å². The van der Waals surface area contributed by atoms with Crippen LogP contribution in [0.25, 0.3) is 0 Å². The second kappa shape index (κ2) is 7.01. The van der Waals surface area contributed by atoms with E-state index in [-0.39, 0.29) is 18.6 Å². The van der Waals surface area contributed by atoms with Crippen molar-refractivity contribution in [3.63, 3.8) is 0 Å². The maximum Gasteiger partial charge on any atom is 0.303 e. The zero-order chi connectivity index (χ0) is 22.0. The Hall–Kier alpha value is -1.54. The Labute approximate surface area is 171 Å². The van der Waals surface area contributed by atoms with Crippen LogP contribution in [0.2, 0.25) is 0 Å². The van der Waals surface area contributed by atoms with Gasteiger partial charge in [-0.2, -0.15) is 0 Å². The summed E-state index contributed by atoms with van der Waals surface area (Å²) in [4.78, 5) is 24.7.